The molecule has 2 amide bonds. The van der Waals surface area contributed by atoms with Gasteiger partial charge in [-0.25, -0.2) is 4.79 Å². The molecule has 1 fully saturated rings. The quantitative estimate of drug-likeness (QED) is 0.429. The van der Waals surface area contributed by atoms with Gasteiger partial charge in [0.05, 0.1) is 28.6 Å². The highest BCUT2D eigenvalue weighted by Crippen LogP contribution is 2.37. The highest BCUT2D eigenvalue weighted by molar-refractivity contribution is 8.18. The highest BCUT2D eigenvalue weighted by Gasteiger charge is 2.34. The molecule has 1 aromatic rings. The maximum absolute atomic E-state index is 12.1. The van der Waals surface area contributed by atoms with E-state index < -0.39 is 17.1 Å². The van der Waals surface area contributed by atoms with Crippen LogP contribution in [0.5, 0.6) is 5.75 Å². The number of rotatable bonds is 5. The number of carbonyl (C=O) groups excluding carboxylic acids is 3. The van der Waals surface area contributed by atoms with E-state index in [9.17, 15) is 14.4 Å². The Balaban J connectivity index is 2.24. The monoisotopic (exact) mass is 399 g/mol. The van der Waals surface area contributed by atoms with Gasteiger partial charge in [-0.2, -0.15) is 0 Å². The lowest BCUT2D eigenvalue weighted by atomic mass is 10.2. The highest BCUT2D eigenvalue weighted by atomic mass is 35.5. The van der Waals surface area contributed by atoms with E-state index in [1.54, 1.807) is 0 Å². The van der Waals surface area contributed by atoms with Gasteiger partial charge in [0.1, 0.15) is 0 Å². The smallest absolute Gasteiger partial charge is 0.343 e. The Kier molecular flexibility index (Phi) is 6.37. The molecule has 1 aliphatic heterocycles. The van der Waals surface area contributed by atoms with E-state index >= 15 is 0 Å². The fraction of sp³-hybridized carbons (Fsp3) is 0.188. The largest absolute Gasteiger partial charge is 0.479 e. The van der Waals surface area contributed by atoms with Crippen molar-refractivity contribution in [2.75, 3.05) is 20.3 Å². The minimum Gasteiger partial charge on any atom is -0.479 e. The van der Waals surface area contributed by atoms with Crippen molar-refractivity contribution < 1.29 is 23.9 Å². The average Bonchev–Trinajstić information content (AvgIpc) is 2.81. The zero-order chi connectivity index (χ0) is 18.6. The standard InChI is InChI=1S/C16H11Cl2NO5S/c1-3-4-19-15(21)12(25-16(19)22)7-9-5-10(17)14(11(18)6-9)24-8-13(20)23-2/h1,5-7H,4,8H2,2H3/b12-7+. The van der Waals surface area contributed by atoms with Crippen molar-refractivity contribution in [2.24, 2.45) is 0 Å². The first-order chi connectivity index (χ1) is 11.9. The predicted molar refractivity (Wildman–Crippen MR) is 95.5 cm³/mol. The first kappa shape index (κ1) is 19.2. The van der Waals surface area contributed by atoms with Crippen LogP contribution in [-0.4, -0.2) is 42.3 Å². The molecule has 6 nitrogen and oxygen atoms in total. The van der Waals surface area contributed by atoms with Crippen molar-refractivity contribution in [3.8, 4) is 18.1 Å². The van der Waals surface area contributed by atoms with E-state index in [1.807, 2.05) is 0 Å². The summed E-state index contributed by atoms with van der Waals surface area (Å²) in [5.74, 6) is 1.31. The number of hydrogen-bond donors (Lipinski definition) is 0. The fourth-order valence-electron chi connectivity index (χ4n) is 1.87. The van der Waals surface area contributed by atoms with Crippen molar-refractivity contribution in [3.05, 3.63) is 32.6 Å². The summed E-state index contributed by atoms with van der Waals surface area (Å²) in [6.07, 6.45) is 6.62. The summed E-state index contributed by atoms with van der Waals surface area (Å²) in [5, 5.41) is -0.152. The Bertz CT molecular complexity index is 792. The molecule has 0 aromatic heterocycles. The number of hydrogen-bond acceptors (Lipinski definition) is 6. The van der Waals surface area contributed by atoms with Gasteiger partial charge in [-0.3, -0.25) is 14.5 Å². The van der Waals surface area contributed by atoms with Crippen LogP contribution in [0.1, 0.15) is 5.56 Å². The van der Waals surface area contributed by atoms with Crippen LogP contribution in [0.3, 0.4) is 0 Å². The van der Waals surface area contributed by atoms with Crippen molar-refractivity contribution in [3.63, 3.8) is 0 Å². The molecule has 9 heteroatoms. The number of halogens is 2. The van der Waals surface area contributed by atoms with Crippen molar-refractivity contribution >= 4 is 58.2 Å². The zero-order valence-electron chi connectivity index (χ0n) is 12.9. The Labute approximate surface area is 158 Å². The Morgan fingerprint density at radius 3 is 2.56 bits per heavy atom. The third kappa shape index (κ3) is 4.48. The number of thioether (sulfide) groups is 1. The normalized spacial score (nSPS) is 15.4. The van der Waals surface area contributed by atoms with Crippen LogP contribution in [0, 0.1) is 12.3 Å². The molecular weight excluding hydrogens is 389 g/mol. The van der Waals surface area contributed by atoms with Crippen LogP contribution in [0.4, 0.5) is 4.79 Å². The maximum atomic E-state index is 12.1. The zero-order valence-corrected chi connectivity index (χ0v) is 15.2. The number of amides is 2. The molecule has 1 aromatic carbocycles. The SMILES string of the molecule is C#CCN1C(=O)S/C(=C/c2cc(Cl)c(OCC(=O)OC)c(Cl)c2)C1=O. The molecule has 25 heavy (non-hydrogen) atoms. The van der Waals surface area contributed by atoms with Gasteiger partial charge in [0.25, 0.3) is 11.1 Å². The lowest BCUT2D eigenvalue weighted by Gasteiger charge is -2.10. The second kappa shape index (κ2) is 8.30. The number of imide groups is 1. The van der Waals surface area contributed by atoms with Gasteiger partial charge >= 0.3 is 5.97 Å². The van der Waals surface area contributed by atoms with E-state index in [4.69, 9.17) is 34.4 Å². The predicted octanol–water partition coefficient (Wildman–Crippen LogP) is 3.21. The summed E-state index contributed by atoms with van der Waals surface area (Å²) in [7, 11) is 1.23. The number of carbonyl (C=O) groups is 3. The molecule has 2 rings (SSSR count). The summed E-state index contributed by atoms with van der Waals surface area (Å²) in [6.45, 7) is -0.440. The molecule has 1 aliphatic rings. The second-order valence-corrected chi connectivity index (χ2v) is 6.46. The summed E-state index contributed by atoms with van der Waals surface area (Å²) in [6, 6.07) is 2.99. The van der Waals surface area contributed by atoms with E-state index in [0.717, 1.165) is 16.7 Å². The summed E-state index contributed by atoms with van der Waals surface area (Å²) in [4.78, 5) is 36.2. The number of nitrogens with zero attached hydrogens (tertiary/aromatic N) is 1. The van der Waals surface area contributed by atoms with Crippen LogP contribution >= 0.6 is 35.0 Å². The molecule has 1 saturated heterocycles. The third-order valence-electron chi connectivity index (χ3n) is 3.00. The van der Waals surface area contributed by atoms with Crippen LogP contribution in [0.2, 0.25) is 10.0 Å². The van der Waals surface area contributed by atoms with Gasteiger partial charge in [0.15, 0.2) is 12.4 Å². The fourth-order valence-corrected chi connectivity index (χ4v) is 3.32. The Morgan fingerprint density at radius 1 is 1.36 bits per heavy atom. The summed E-state index contributed by atoms with van der Waals surface area (Å²) < 4.78 is 9.68. The van der Waals surface area contributed by atoms with E-state index in [0.29, 0.717) is 5.56 Å². The summed E-state index contributed by atoms with van der Waals surface area (Å²) >= 11 is 13.0. The molecule has 0 saturated carbocycles. The molecule has 130 valence electrons. The lowest BCUT2D eigenvalue weighted by molar-refractivity contribution is -0.142. The molecule has 0 aliphatic carbocycles. The molecule has 0 radical (unpaired) electrons. The Morgan fingerprint density at radius 2 is 2.00 bits per heavy atom. The van der Waals surface area contributed by atoms with Gasteiger partial charge in [-0.15, -0.1) is 6.42 Å². The van der Waals surface area contributed by atoms with Gasteiger partial charge in [0, 0.05) is 0 Å². The second-order valence-electron chi connectivity index (χ2n) is 4.65. The van der Waals surface area contributed by atoms with Crippen molar-refractivity contribution in [1.29, 1.82) is 0 Å². The number of terminal acetylenes is 1. The number of ether oxygens (including phenoxy) is 2. The molecule has 0 N–H and O–H groups in total. The molecule has 0 atom stereocenters. The molecule has 0 bridgehead atoms. The number of benzene rings is 1. The van der Waals surface area contributed by atoms with Gasteiger partial charge < -0.3 is 9.47 Å². The maximum Gasteiger partial charge on any atom is 0.343 e. The van der Waals surface area contributed by atoms with E-state index in [2.05, 4.69) is 10.7 Å². The molecular formula is C16H11Cl2NO5S. The minimum absolute atomic E-state index is 0.0934. The van der Waals surface area contributed by atoms with Crippen LogP contribution in [-0.2, 0) is 14.3 Å². The third-order valence-corrected chi connectivity index (χ3v) is 4.47. The number of methoxy groups -OCH3 is 1. The lowest BCUT2D eigenvalue weighted by Crippen LogP contribution is -2.28. The first-order valence-electron chi connectivity index (χ1n) is 6.75. The van der Waals surface area contributed by atoms with Crippen molar-refractivity contribution in [2.45, 2.75) is 0 Å². The van der Waals surface area contributed by atoms with Crippen LogP contribution in [0.15, 0.2) is 17.0 Å². The topological polar surface area (TPSA) is 72.9 Å². The van der Waals surface area contributed by atoms with E-state index in [1.165, 1.54) is 25.3 Å². The average molecular weight is 400 g/mol. The van der Waals surface area contributed by atoms with Gasteiger partial charge in [-0.1, -0.05) is 29.1 Å². The Hall–Kier alpha value is -2.14. The minimum atomic E-state index is -0.585. The van der Waals surface area contributed by atoms with E-state index in [-0.39, 0.29) is 33.9 Å². The van der Waals surface area contributed by atoms with Gasteiger partial charge in [-0.05, 0) is 35.5 Å². The van der Waals surface area contributed by atoms with Crippen LogP contribution in [0.25, 0.3) is 6.08 Å². The molecule has 1 heterocycles. The summed E-state index contributed by atoms with van der Waals surface area (Å²) in [5.41, 5.74) is 0.492. The molecule has 0 spiro atoms. The number of esters is 1. The van der Waals surface area contributed by atoms with Gasteiger partial charge in [0.2, 0.25) is 0 Å². The van der Waals surface area contributed by atoms with Crippen LogP contribution < -0.4 is 4.74 Å². The molecule has 0 unspecified atom stereocenters. The first-order valence-corrected chi connectivity index (χ1v) is 8.32. The van der Waals surface area contributed by atoms with Crippen molar-refractivity contribution in [1.82, 2.24) is 4.90 Å².